The average Bonchev–Trinajstić information content (AvgIpc) is 2.49. The molecule has 0 atom stereocenters. The molecule has 124 valence electrons. The Morgan fingerprint density at radius 1 is 0.810 bits per heavy atom. The first-order chi connectivity index (χ1) is 10.2. The summed E-state index contributed by atoms with van der Waals surface area (Å²) in [6, 6.07) is 0.353. The maximum atomic E-state index is 12.1. The topological polar surface area (TPSA) is 43.1 Å². The first kappa shape index (κ1) is 18.7. The first-order valence-electron chi connectivity index (χ1n) is 9.52. The number of Topliss-reactive ketones (excluding diaryl/α,β-unsaturated/α-hetero) is 1. The van der Waals surface area contributed by atoms with Crippen LogP contribution in [0.5, 0.6) is 0 Å². The van der Waals surface area contributed by atoms with E-state index in [4.69, 9.17) is 5.73 Å². The molecule has 1 aliphatic rings. The van der Waals surface area contributed by atoms with E-state index in [1.54, 1.807) is 0 Å². The van der Waals surface area contributed by atoms with Gasteiger partial charge in [-0.15, -0.1) is 0 Å². The van der Waals surface area contributed by atoms with Gasteiger partial charge in [-0.3, -0.25) is 4.79 Å². The molecule has 0 heterocycles. The summed E-state index contributed by atoms with van der Waals surface area (Å²) in [6.45, 7) is 2.27. The lowest BCUT2D eigenvalue weighted by Crippen LogP contribution is -2.29. The van der Waals surface area contributed by atoms with E-state index in [0.717, 1.165) is 38.5 Å². The van der Waals surface area contributed by atoms with Crippen LogP contribution in [-0.2, 0) is 4.79 Å². The molecule has 0 amide bonds. The van der Waals surface area contributed by atoms with Crippen molar-refractivity contribution >= 4 is 5.78 Å². The Balaban J connectivity index is 1.86. The standard InChI is InChI=1S/C19H37NO/c1-2-3-4-5-6-7-8-9-10-11-12-19(21)17-13-15-18(20)16-14-17/h17-18H,2-16,20H2,1H3. The van der Waals surface area contributed by atoms with Crippen LogP contribution in [0.15, 0.2) is 0 Å². The third-order valence-corrected chi connectivity index (χ3v) is 5.00. The highest BCUT2D eigenvalue weighted by Crippen LogP contribution is 2.25. The molecular weight excluding hydrogens is 258 g/mol. The van der Waals surface area contributed by atoms with Gasteiger partial charge in [0.2, 0.25) is 0 Å². The third-order valence-electron chi connectivity index (χ3n) is 5.00. The third kappa shape index (κ3) is 9.29. The number of hydrogen-bond donors (Lipinski definition) is 1. The molecule has 1 saturated carbocycles. The molecule has 0 unspecified atom stereocenters. The fourth-order valence-corrected chi connectivity index (χ4v) is 3.43. The fourth-order valence-electron chi connectivity index (χ4n) is 3.43. The lowest BCUT2D eigenvalue weighted by molar-refractivity contribution is -0.124. The zero-order valence-electron chi connectivity index (χ0n) is 14.2. The number of carbonyl (C=O) groups excluding carboxylic acids is 1. The molecule has 0 radical (unpaired) electrons. The Morgan fingerprint density at radius 3 is 1.81 bits per heavy atom. The van der Waals surface area contributed by atoms with E-state index in [0.29, 0.717) is 17.7 Å². The highest BCUT2D eigenvalue weighted by molar-refractivity contribution is 5.81. The van der Waals surface area contributed by atoms with Crippen LogP contribution in [0.4, 0.5) is 0 Å². The zero-order chi connectivity index (χ0) is 15.3. The second-order valence-electron chi connectivity index (χ2n) is 7.01. The minimum Gasteiger partial charge on any atom is -0.328 e. The number of unbranched alkanes of at least 4 members (excludes halogenated alkanes) is 9. The summed E-state index contributed by atoms with van der Waals surface area (Å²) in [7, 11) is 0. The molecule has 0 aromatic carbocycles. The molecule has 0 aromatic rings. The quantitative estimate of drug-likeness (QED) is 0.491. The summed E-state index contributed by atoms with van der Waals surface area (Å²) in [5, 5.41) is 0. The molecule has 2 N–H and O–H groups in total. The van der Waals surface area contributed by atoms with Crippen molar-refractivity contribution in [3.63, 3.8) is 0 Å². The largest absolute Gasteiger partial charge is 0.328 e. The van der Waals surface area contributed by atoms with Gasteiger partial charge in [-0.1, -0.05) is 64.7 Å². The van der Waals surface area contributed by atoms with Gasteiger partial charge < -0.3 is 5.73 Å². The lowest BCUT2D eigenvalue weighted by Gasteiger charge is -2.24. The van der Waals surface area contributed by atoms with Gasteiger partial charge in [-0.25, -0.2) is 0 Å². The van der Waals surface area contributed by atoms with Crippen LogP contribution in [0.1, 0.15) is 103 Å². The van der Waals surface area contributed by atoms with Crippen LogP contribution in [0.2, 0.25) is 0 Å². The number of nitrogens with two attached hydrogens (primary N) is 1. The number of carbonyl (C=O) groups is 1. The molecule has 0 aromatic heterocycles. The summed E-state index contributed by atoms with van der Waals surface area (Å²) in [5.41, 5.74) is 5.89. The van der Waals surface area contributed by atoms with Crippen molar-refractivity contribution in [2.24, 2.45) is 11.7 Å². The van der Waals surface area contributed by atoms with E-state index in [1.165, 1.54) is 57.8 Å². The Labute approximate surface area is 132 Å². The van der Waals surface area contributed by atoms with Crippen LogP contribution in [0, 0.1) is 5.92 Å². The van der Waals surface area contributed by atoms with Crippen LogP contribution in [0.3, 0.4) is 0 Å². The summed E-state index contributed by atoms with van der Waals surface area (Å²) in [6.07, 6.45) is 18.4. The van der Waals surface area contributed by atoms with Gasteiger partial charge in [0.05, 0.1) is 0 Å². The van der Waals surface area contributed by atoms with Gasteiger partial charge in [0.25, 0.3) is 0 Å². The minimum absolute atomic E-state index is 0.336. The maximum Gasteiger partial charge on any atom is 0.135 e. The molecule has 0 aliphatic heterocycles. The van der Waals surface area contributed by atoms with E-state index < -0.39 is 0 Å². The molecular formula is C19H37NO. The summed E-state index contributed by atoms with van der Waals surface area (Å²) in [5.74, 6) is 0.852. The van der Waals surface area contributed by atoms with Crippen molar-refractivity contribution in [3.8, 4) is 0 Å². The first-order valence-corrected chi connectivity index (χ1v) is 9.52. The van der Waals surface area contributed by atoms with Crippen LogP contribution >= 0.6 is 0 Å². The fraction of sp³-hybridized carbons (Fsp3) is 0.947. The van der Waals surface area contributed by atoms with Crippen molar-refractivity contribution in [2.45, 2.75) is 109 Å². The molecule has 1 fully saturated rings. The predicted molar refractivity (Wildman–Crippen MR) is 91.4 cm³/mol. The maximum absolute atomic E-state index is 12.1. The number of rotatable bonds is 12. The Bertz CT molecular complexity index is 256. The van der Waals surface area contributed by atoms with E-state index >= 15 is 0 Å². The molecule has 2 heteroatoms. The summed E-state index contributed by atoms with van der Waals surface area (Å²) in [4.78, 5) is 12.1. The molecule has 1 aliphatic carbocycles. The number of hydrogen-bond acceptors (Lipinski definition) is 2. The van der Waals surface area contributed by atoms with Crippen LogP contribution in [0.25, 0.3) is 0 Å². The van der Waals surface area contributed by atoms with Gasteiger partial charge in [-0.05, 0) is 32.1 Å². The molecule has 0 spiro atoms. The van der Waals surface area contributed by atoms with Gasteiger partial charge in [-0.2, -0.15) is 0 Å². The average molecular weight is 296 g/mol. The van der Waals surface area contributed by atoms with Crippen molar-refractivity contribution in [1.82, 2.24) is 0 Å². The predicted octanol–water partition coefficient (Wildman–Crippen LogP) is 5.38. The van der Waals surface area contributed by atoms with Gasteiger partial charge in [0.1, 0.15) is 5.78 Å². The zero-order valence-corrected chi connectivity index (χ0v) is 14.2. The highest BCUT2D eigenvalue weighted by atomic mass is 16.1. The SMILES string of the molecule is CCCCCCCCCCCCC(=O)C1CCC(N)CC1. The Morgan fingerprint density at radius 2 is 1.29 bits per heavy atom. The van der Waals surface area contributed by atoms with Crippen LogP contribution in [-0.4, -0.2) is 11.8 Å². The van der Waals surface area contributed by atoms with Crippen molar-refractivity contribution < 1.29 is 4.79 Å². The van der Waals surface area contributed by atoms with Gasteiger partial charge >= 0.3 is 0 Å². The van der Waals surface area contributed by atoms with Crippen molar-refractivity contribution in [2.75, 3.05) is 0 Å². The van der Waals surface area contributed by atoms with Crippen molar-refractivity contribution in [1.29, 1.82) is 0 Å². The lowest BCUT2D eigenvalue weighted by atomic mass is 9.82. The molecule has 0 saturated heterocycles. The van der Waals surface area contributed by atoms with Crippen LogP contribution < -0.4 is 5.73 Å². The summed E-state index contributed by atoms with van der Waals surface area (Å²) < 4.78 is 0. The van der Waals surface area contributed by atoms with E-state index in [-0.39, 0.29) is 0 Å². The Hall–Kier alpha value is -0.370. The van der Waals surface area contributed by atoms with Gasteiger partial charge in [0, 0.05) is 18.4 Å². The molecule has 0 bridgehead atoms. The monoisotopic (exact) mass is 295 g/mol. The summed E-state index contributed by atoms with van der Waals surface area (Å²) >= 11 is 0. The molecule has 2 nitrogen and oxygen atoms in total. The van der Waals surface area contributed by atoms with E-state index in [1.807, 2.05) is 0 Å². The van der Waals surface area contributed by atoms with E-state index in [9.17, 15) is 4.79 Å². The van der Waals surface area contributed by atoms with E-state index in [2.05, 4.69) is 6.92 Å². The number of ketones is 1. The Kier molecular flexibility index (Phi) is 10.9. The minimum atomic E-state index is 0.336. The normalized spacial score (nSPS) is 22.4. The second kappa shape index (κ2) is 12.2. The molecule has 1 rings (SSSR count). The molecule has 21 heavy (non-hydrogen) atoms. The van der Waals surface area contributed by atoms with Crippen molar-refractivity contribution in [3.05, 3.63) is 0 Å². The second-order valence-corrected chi connectivity index (χ2v) is 7.01. The smallest absolute Gasteiger partial charge is 0.135 e. The highest BCUT2D eigenvalue weighted by Gasteiger charge is 2.23. The van der Waals surface area contributed by atoms with Gasteiger partial charge in [0.15, 0.2) is 0 Å².